The first-order valence-corrected chi connectivity index (χ1v) is 6.41. The maximum Gasteiger partial charge on any atom is 0.152 e. The number of ketones is 1. The fraction of sp³-hybridized carbons (Fsp3) is 0.312. The summed E-state index contributed by atoms with van der Waals surface area (Å²) < 4.78 is 5.81. The lowest BCUT2D eigenvalue weighted by Gasteiger charge is -1.98. The molecule has 0 amide bonds. The van der Waals surface area contributed by atoms with Crippen LogP contribution in [0.3, 0.4) is 0 Å². The number of furan rings is 1. The minimum absolute atomic E-state index is 0.0388. The van der Waals surface area contributed by atoms with Crippen LogP contribution in [0.15, 0.2) is 34.8 Å². The summed E-state index contributed by atoms with van der Waals surface area (Å²) in [5.41, 5.74) is 2.11. The normalized spacial score (nSPS) is 11.4. The smallest absolute Gasteiger partial charge is 0.152 e. The first kappa shape index (κ1) is 12.6. The van der Waals surface area contributed by atoms with Crippen LogP contribution in [0.1, 0.15) is 38.0 Å². The topological polar surface area (TPSA) is 30.2 Å². The van der Waals surface area contributed by atoms with Crippen molar-refractivity contribution in [2.24, 2.45) is 0 Å². The summed E-state index contributed by atoms with van der Waals surface area (Å²) in [5.74, 6) is 0.858. The fourth-order valence-corrected chi connectivity index (χ4v) is 2.06. The molecule has 0 N–H and O–H groups in total. The number of hydrogen-bond donors (Lipinski definition) is 0. The van der Waals surface area contributed by atoms with E-state index in [4.69, 9.17) is 4.42 Å². The predicted molar refractivity (Wildman–Crippen MR) is 74.5 cm³/mol. The molecule has 1 aromatic heterocycles. The quantitative estimate of drug-likeness (QED) is 0.728. The van der Waals surface area contributed by atoms with E-state index in [1.54, 1.807) is 19.1 Å². The highest BCUT2D eigenvalue weighted by Crippen LogP contribution is 2.28. The van der Waals surface area contributed by atoms with E-state index in [-0.39, 0.29) is 5.78 Å². The summed E-state index contributed by atoms with van der Waals surface area (Å²) in [6.45, 7) is 3.72. The van der Waals surface area contributed by atoms with Crippen LogP contribution in [0.4, 0.5) is 0 Å². The second-order valence-corrected chi connectivity index (χ2v) is 4.49. The summed E-state index contributed by atoms with van der Waals surface area (Å²) in [5, 5.41) is 1.16. The Kier molecular flexibility index (Phi) is 3.98. The van der Waals surface area contributed by atoms with Crippen molar-refractivity contribution in [1.29, 1.82) is 0 Å². The lowest BCUT2D eigenvalue weighted by molar-refractivity contribution is -0.112. The number of allylic oxidation sites excluding steroid dienone is 1. The molecule has 18 heavy (non-hydrogen) atoms. The van der Waals surface area contributed by atoms with Crippen molar-refractivity contribution in [3.8, 4) is 0 Å². The van der Waals surface area contributed by atoms with E-state index in [0.29, 0.717) is 0 Å². The Morgan fingerprint density at radius 3 is 2.83 bits per heavy atom. The Morgan fingerprint density at radius 2 is 2.11 bits per heavy atom. The van der Waals surface area contributed by atoms with Crippen molar-refractivity contribution >= 4 is 22.8 Å². The number of unbranched alkanes of at least 4 members (excludes halogenated alkanes) is 1. The molecule has 1 heterocycles. The Labute approximate surface area is 107 Å². The number of fused-ring (bicyclic) bond motifs is 1. The minimum Gasteiger partial charge on any atom is -0.456 e. The second-order valence-electron chi connectivity index (χ2n) is 4.49. The predicted octanol–water partition coefficient (Wildman–Crippen LogP) is 4.38. The van der Waals surface area contributed by atoms with Crippen molar-refractivity contribution in [3.63, 3.8) is 0 Å². The molecule has 0 bridgehead atoms. The number of carbonyl (C=O) groups is 1. The van der Waals surface area contributed by atoms with Crippen LogP contribution in [-0.4, -0.2) is 5.78 Å². The molecule has 0 spiro atoms. The number of hydrogen-bond acceptors (Lipinski definition) is 2. The molecule has 2 nitrogen and oxygen atoms in total. The molecule has 0 fully saturated rings. The monoisotopic (exact) mass is 242 g/mol. The molecule has 0 atom stereocenters. The summed E-state index contributed by atoms with van der Waals surface area (Å²) in [7, 11) is 0. The van der Waals surface area contributed by atoms with E-state index < -0.39 is 0 Å². The zero-order valence-corrected chi connectivity index (χ0v) is 10.9. The van der Waals surface area contributed by atoms with Gasteiger partial charge in [0.2, 0.25) is 0 Å². The van der Waals surface area contributed by atoms with Crippen LogP contribution in [-0.2, 0) is 11.2 Å². The molecule has 0 aliphatic heterocycles. The Morgan fingerprint density at radius 1 is 1.33 bits per heavy atom. The van der Waals surface area contributed by atoms with Gasteiger partial charge in [-0.1, -0.05) is 31.5 Å². The van der Waals surface area contributed by atoms with Gasteiger partial charge in [0, 0.05) is 10.9 Å². The van der Waals surface area contributed by atoms with E-state index >= 15 is 0 Å². The van der Waals surface area contributed by atoms with E-state index in [1.807, 2.05) is 18.2 Å². The van der Waals surface area contributed by atoms with Crippen molar-refractivity contribution in [1.82, 2.24) is 0 Å². The maximum absolute atomic E-state index is 11.0. The molecule has 0 radical (unpaired) electrons. The van der Waals surface area contributed by atoms with Crippen LogP contribution in [0.2, 0.25) is 0 Å². The molecule has 0 saturated carbocycles. The van der Waals surface area contributed by atoms with Gasteiger partial charge in [0.05, 0.1) is 0 Å². The van der Waals surface area contributed by atoms with E-state index in [0.717, 1.165) is 36.0 Å². The van der Waals surface area contributed by atoms with Gasteiger partial charge in [-0.15, -0.1) is 0 Å². The van der Waals surface area contributed by atoms with Crippen molar-refractivity contribution in [2.75, 3.05) is 0 Å². The van der Waals surface area contributed by atoms with Crippen LogP contribution < -0.4 is 0 Å². The Bertz CT molecular complexity index is 576. The standard InChI is InChI=1S/C16H18O2/c1-3-4-7-13-14-8-5-6-9-15(14)18-16(13)11-10-12(2)17/h5-6,8-11H,3-4,7H2,1-2H3. The summed E-state index contributed by atoms with van der Waals surface area (Å²) in [4.78, 5) is 11.0. The zero-order valence-electron chi connectivity index (χ0n) is 10.9. The highest BCUT2D eigenvalue weighted by Gasteiger charge is 2.11. The van der Waals surface area contributed by atoms with Gasteiger partial charge in [-0.25, -0.2) is 0 Å². The molecule has 0 aliphatic rings. The number of carbonyl (C=O) groups excluding carboxylic acids is 1. The van der Waals surface area contributed by atoms with Gasteiger partial charge in [0.1, 0.15) is 11.3 Å². The number of para-hydroxylation sites is 1. The van der Waals surface area contributed by atoms with Crippen LogP contribution in [0.5, 0.6) is 0 Å². The SMILES string of the molecule is CCCCc1c(C=CC(C)=O)oc2ccccc12. The molecule has 1 aromatic carbocycles. The molecule has 0 unspecified atom stereocenters. The minimum atomic E-state index is 0.0388. The number of benzene rings is 1. The van der Waals surface area contributed by atoms with Crippen molar-refractivity contribution in [3.05, 3.63) is 41.7 Å². The van der Waals surface area contributed by atoms with Gasteiger partial charge >= 0.3 is 0 Å². The van der Waals surface area contributed by atoms with Crippen LogP contribution >= 0.6 is 0 Å². The van der Waals surface area contributed by atoms with Gasteiger partial charge in [-0.05, 0) is 38.0 Å². The third kappa shape index (κ3) is 2.70. The lowest BCUT2D eigenvalue weighted by Crippen LogP contribution is -1.86. The molecule has 94 valence electrons. The molecular formula is C16H18O2. The molecule has 2 rings (SSSR count). The zero-order chi connectivity index (χ0) is 13.0. The average Bonchev–Trinajstić information content (AvgIpc) is 2.71. The molecule has 2 aromatic rings. The van der Waals surface area contributed by atoms with Crippen LogP contribution in [0.25, 0.3) is 17.0 Å². The third-order valence-corrected chi connectivity index (χ3v) is 2.98. The average molecular weight is 242 g/mol. The van der Waals surface area contributed by atoms with Crippen LogP contribution in [0, 0.1) is 0 Å². The highest BCUT2D eigenvalue weighted by molar-refractivity contribution is 5.93. The molecule has 0 saturated heterocycles. The summed E-state index contributed by atoms with van der Waals surface area (Å²) in [6.07, 6.45) is 6.62. The van der Waals surface area contributed by atoms with E-state index in [9.17, 15) is 4.79 Å². The third-order valence-electron chi connectivity index (χ3n) is 2.98. The summed E-state index contributed by atoms with van der Waals surface area (Å²) >= 11 is 0. The summed E-state index contributed by atoms with van der Waals surface area (Å²) in [6, 6.07) is 8.03. The first-order chi connectivity index (χ1) is 8.72. The van der Waals surface area contributed by atoms with E-state index in [1.165, 1.54) is 5.56 Å². The molecule has 2 heteroatoms. The van der Waals surface area contributed by atoms with Gasteiger partial charge in [-0.3, -0.25) is 4.79 Å². The number of rotatable bonds is 5. The van der Waals surface area contributed by atoms with Gasteiger partial charge < -0.3 is 4.42 Å². The van der Waals surface area contributed by atoms with E-state index in [2.05, 4.69) is 13.0 Å². The van der Waals surface area contributed by atoms with Crippen molar-refractivity contribution in [2.45, 2.75) is 33.1 Å². The second kappa shape index (κ2) is 5.67. The lowest BCUT2D eigenvalue weighted by atomic mass is 10.0. The Balaban J connectivity index is 2.46. The Hall–Kier alpha value is -1.83. The fourth-order valence-electron chi connectivity index (χ4n) is 2.06. The largest absolute Gasteiger partial charge is 0.456 e. The number of aryl methyl sites for hydroxylation is 1. The van der Waals surface area contributed by atoms with Gasteiger partial charge in [0.25, 0.3) is 0 Å². The highest BCUT2D eigenvalue weighted by atomic mass is 16.3. The maximum atomic E-state index is 11.0. The van der Waals surface area contributed by atoms with Gasteiger partial charge in [0.15, 0.2) is 5.78 Å². The molecule has 0 aliphatic carbocycles. The van der Waals surface area contributed by atoms with Crippen molar-refractivity contribution < 1.29 is 9.21 Å². The molecular weight excluding hydrogens is 224 g/mol. The van der Waals surface area contributed by atoms with Gasteiger partial charge in [-0.2, -0.15) is 0 Å². The first-order valence-electron chi connectivity index (χ1n) is 6.41.